The van der Waals surface area contributed by atoms with Gasteiger partial charge in [-0.05, 0) is 79.6 Å². The Hall–Kier alpha value is -3.76. The molecule has 0 radical (unpaired) electrons. The second kappa shape index (κ2) is 10.6. The fourth-order valence-electron chi connectivity index (χ4n) is 6.52. The SMILES string of the molecule is CCn1nnc2c(C)c(C(CC(=O)O)c3ccc(C)c(CN4C[C@@H]5CCCN5c5ccccc5S4(=O)=O)c3)ccc21. The number of aliphatic carboxylic acids is 1. The lowest BCUT2D eigenvalue weighted by Crippen LogP contribution is -2.39. The number of anilines is 1. The molecule has 214 valence electrons. The first-order valence-electron chi connectivity index (χ1n) is 14.2. The molecule has 2 atom stereocenters. The van der Waals surface area contributed by atoms with Gasteiger partial charge in [0.15, 0.2) is 0 Å². The molecule has 4 aromatic rings. The summed E-state index contributed by atoms with van der Waals surface area (Å²) < 4.78 is 31.4. The van der Waals surface area contributed by atoms with E-state index in [1.807, 2.05) is 67.9 Å². The number of carboxylic acid groups (broad SMARTS) is 1. The van der Waals surface area contributed by atoms with Gasteiger partial charge in [0, 0.05) is 38.1 Å². The topological polar surface area (TPSA) is 109 Å². The molecule has 1 N–H and O–H groups in total. The molecule has 1 fully saturated rings. The van der Waals surface area contributed by atoms with Crippen molar-refractivity contribution >= 4 is 32.7 Å². The zero-order valence-electron chi connectivity index (χ0n) is 23.6. The number of nitrogens with zero attached hydrogens (tertiary/aromatic N) is 5. The summed E-state index contributed by atoms with van der Waals surface area (Å²) in [6.07, 6.45) is 1.89. The quantitative estimate of drug-likeness (QED) is 0.337. The van der Waals surface area contributed by atoms with Crippen molar-refractivity contribution in [2.24, 2.45) is 0 Å². The number of aryl methyl sites for hydroxylation is 3. The van der Waals surface area contributed by atoms with E-state index in [2.05, 4.69) is 15.2 Å². The smallest absolute Gasteiger partial charge is 0.304 e. The maximum absolute atomic E-state index is 14.0. The van der Waals surface area contributed by atoms with E-state index in [1.165, 1.54) is 0 Å². The molecular weight excluding hydrogens is 538 g/mol. The van der Waals surface area contributed by atoms with Crippen molar-refractivity contribution in [1.82, 2.24) is 19.3 Å². The predicted octanol–water partition coefficient (Wildman–Crippen LogP) is 4.85. The molecule has 2 aliphatic rings. The lowest BCUT2D eigenvalue weighted by atomic mass is 9.84. The molecule has 1 unspecified atom stereocenters. The average molecular weight is 574 g/mol. The van der Waals surface area contributed by atoms with E-state index in [1.54, 1.807) is 16.4 Å². The molecule has 3 heterocycles. The molecule has 6 rings (SSSR count). The van der Waals surface area contributed by atoms with Crippen molar-refractivity contribution in [3.8, 4) is 0 Å². The van der Waals surface area contributed by atoms with E-state index >= 15 is 0 Å². The Kier molecular flexibility index (Phi) is 7.07. The number of sulfonamides is 1. The number of para-hydroxylation sites is 1. The van der Waals surface area contributed by atoms with Gasteiger partial charge in [0.2, 0.25) is 10.0 Å². The van der Waals surface area contributed by atoms with Crippen LogP contribution in [0.25, 0.3) is 11.0 Å². The van der Waals surface area contributed by atoms with E-state index in [0.29, 0.717) is 18.0 Å². The lowest BCUT2D eigenvalue weighted by Gasteiger charge is -2.27. The minimum Gasteiger partial charge on any atom is -0.481 e. The molecule has 9 nitrogen and oxygen atoms in total. The molecule has 0 aliphatic carbocycles. The monoisotopic (exact) mass is 573 g/mol. The van der Waals surface area contributed by atoms with Gasteiger partial charge < -0.3 is 10.0 Å². The fraction of sp³-hybridized carbons (Fsp3) is 0.387. The molecule has 0 amide bonds. The highest BCUT2D eigenvalue weighted by Crippen LogP contribution is 2.39. The van der Waals surface area contributed by atoms with Crippen LogP contribution in [-0.2, 0) is 27.9 Å². The third kappa shape index (κ3) is 4.78. The van der Waals surface area contributed by atoms with Crippen LogP contribution in [0, 0.1) is 13.8 Å². The second-order valence-corrected chi connectivity index (χ2v) is 13.1. The lowest BCUT2D eigenvalue weighted by molar-refractivity contribution is -0.137. The Balaban J connectivity index is 1.40. The molecule has 10 heteroatoms. The second-order valence-electron chi connectivity index (χ2n) is 11.1. The highest BCUT2D eigenvalue weighted by molar-refractivity contribution is 7.89. The van der Waals surface area contributed by atoms with Crippen LogP contribution in [0.1, 0.15) is 59.9 Å². The van der Waals surface area contributed by atoms with Crippen LogP contribution in [0.2, 0.25) is 0 Å². The highest BCUT2D eigenvalue weighted by atomic mass is 32.2. The average Bonchev–Trinajstić information content (AvgIpc) is 3.58. The first-order valence-corrected chi connectivity index (χ1v) is 15.6. The van der Waals surface area contributed by atoms with Gasteiger partial charge in [-0.1, -0.05) is 41.6 Å². The Morgan fingerprint density at radius 2 is 1.93 bits per heavy atom. The molecule has 1 saturated heterocycles. The molecule has 0 spiro atoms. The first-order chi connectivity index (χ1) is 19.7. The van der Waals surface area contributed by atoms with Crippen LogP contribution in [0.3, 0.4) is 0 Å². The molecule has 0 bridgehead atoms. The van der Waals surface area contributed by atoms with E-state index in [9.17, 15) is 18.3 Å². The van der Waals surface area contributed by atoms with Crippen LogP contribution in [0.4, 0.5) is 5.69 Å². The molecule has 2 aliphatic heterocycles. The van der Waals surface area contributed by atoms with Crippen LogP contribution in [0.5, 0.6) is 0 Å². The number of hydrogen-bond donors (Lipinski definition) is 1. The number of carboxylic acids is 1. The summed E-state index contributed by atoms with van der Waals surface area (Å²) >= 11 is 0. The van der Waals surface area contributed by atoms with Crippen molar-refractivity contribution in [1.29, 1.82) is 0 Å². The van der Waals surface area contributed by atoms with E-state index in [4.69, 9.17) is 0 Å². The fourth-order valence-corrected chi connectivity index (χ4v) is 8.18. The van der Waals surface area contributed by atoms with Crippen molar-refractivity contribution < 1.29 is 18.3 Å². The van der Waals surface area contributed by atoms with Crippen LogP contribution in [0.15, 0.2) is 59.5 Å². The zero-order valence-corrected chi connectivity index (χ0v) is 24.4. The third-order valence-electron chi connectivity index (χ3n) is 8.74. The van der Waals surface area contributed by atoms with E-state index in [-0.39, 0.29) is 19.0 Å². The Bertz CT molecular complexity index is 1750. The van der Waals surface area contributed by atoms with Crippen molar-refractivity contribution in [3.63, 3.8) is 0 Å². The highest BCUT2D eigenvalue weighted by Gasteiger charge is 2.39. The molecule has 1 aromatic heterocycles. The van der Waals surface area contributed by atoms with Gasteiger partial charge in [-0.15, -0.1) is 5.10 Å². The van der Waals surface area contributed by atoms with E-state index in [0.717, 1.165) is 63.9 Å². The number of fused-ring (bicyclic) bond motifs is 4. The number of hydrogen-bond acceptors (Lipinski definition) is 6. The molecule has 41 heavy (non-hydrogen) atoms. The maximum atomic E-state index is 14.0. The van der Waals surface area contributed by atoms with E-state index < -0.39 is 21.9 Å². The van der Waals surface area contributed by atoms with Gasteiger partial charge in [0.1, 0.15) is 10.4 Å². The van der Waals surface area contributed by atoms with Crippen LogP contribution in [-0.4, -0.2) is 57.9 Å². The number of benzene rings is 3. The number of carbonyl (C=O) groups is 1. The van der Waals surface area contributed by atoms with Crippen molar-refractivity contribution in [2.45, 2.75) is 70.0 Å². The number of rotatable bonds is 7. The van der Waals surface area contributed by atoms with Gasteiger partial charge in [-0.2, -0.15) is 4.31 Å². The summed E-state index contributed by atoms with van der Waals surface area (Å²) in [5.74, 6) is -1.32. The zero-order chi connectivity index (χ0) is 28.9. The van der Waals surface area contributed by atoms with Crippen LogP contribution >= 0.6 is 0 Å². The van der Waals surface area contributed by atoms with Gasteiger partial charge in [0.05, 0.1) is 17.6 Å². The first kappa shape index (κ1) is 27.4. The van der Waals surface area contributed by atoms with Crippen LogP contribution < -0.4 is 4.90 Å². The molecule has 0 saturated carbocycles. The number of aromatic nitrogens is 3. The minimum absolute atomic E-state index is 0.0941. The third-order valence-corrected chi connectivity index (χ3v) is 10.6. The predicted molar refractivity (Wildman–Crippen MR) is 158 cm³/mol. The summed E-state index contributed by atoms with van der Waals surface area (Å²) in [5.41, 5.74) is 6.95. The summed E-state index contributed by atoms with van der Waals surface area (Å²) in [5, 5.41) is 18.5. The summed E-state index contributed by atoms with van der Waals surface area (Å²) in [7, 11) is -3.73. The molecule has 3 aromatic carbocycles. The van der Waals surface area contributed by atoms with Gasteiger partial charge in [0.25, 0.3) is 0 Å². The minimum atomic E-state index is -3.73. The summed E-state index contributed by atoms with van der Waals surface area (Å²) in [6, 6.07) is 17.3. The summed E-state index contributed by atoms with van der Waals surface area (Å²) in [6.45, 7) is 8.14. The molecular formula is C31H35N5O4S. The maximum Gasteiger partial charge on any atom is 0.304 e. The van der Waals surface area contributed by atoms with Crippen molar-refractivity contribution in [2.75, 3.05) is 18.0 Å². The summed E-state index contributed by atoms with van der Waals surface area (Å²) in [4.78, 5) is 14.7. The van der Waals surface area contributed by atoms with Gasteiger partial charge in [-0.25, -0.2) is 13.1 Å². The van der Waals surface area contributed by atoms with Gasteiger partial charge in [-0.3, -0.25) is 4.79 Å². The van der Waals surface area contributed by atoms with Gasteiger partial charge >= 0.3 is 5.97 Å². The largest absolute Gasteiger partial charge is 0.481 e. The standard InChI is InChI=1S/C31H35N5O4S/c1-4-36-28-14-13-25(21(3)31(28)32-33-36)26(17-30(37)38)22-12-11-20(2)23(16-22)18-34-19-24-8-7-15-35(24)27-9-5-6-10-29(27)41(34,39)40/h5-6,9-14,16,24,26H,4,7-8,15,17-19H2,1-3H3,(H,37,38)/t24-,26?/m0/s1. The van der Waals surface area contributed by atoms with Crippen molar-refractivity contribution in [3.05, 3.63) is 82.4 Å². The Morgan fingerprint density at radius 3 is 2.71 bits per heavy atom. The Morgan fingerprint density at radius 1 is 1.12 bits per heavy atom. The normalized spacial score (nSPS) is 19.1. The Labute approximate surface area is 240 Å².